The van der Waals surface area contributed by atoms with Crippen LogP contribution in [0, 0.1) is 12.8 Å². The lowest BCUT2D eigenvalue weighted by Crippen LogP contribution is -2.37. The molecule has 0 N–H and O–H groups in total. The Labute approximate surface area is 142 Å². The zero-order valence-electron chi connectivity index (χ0n) is 14.5. The number of hydrogen-bond acceptors (Lipinski definition) is 4. The number of fused-ring (bicyclic) bond motifs is 1. The standard InChI is InChI=1S/C18H25N3OS/c1-12(2)10-13(3)21(5)17(22)11-23-18-14(4)19-15-8-6-7-9-16(15)20-18/h6-9,12-13H,10-11H2,1-5H3. The van der Waals surface area contributed by atoms with Gasteiger partial charge in [0.15, 0.2) is 0 Å². The van der Waals surface area contributed by atoms with Crippen molar-refractivity contribution in [3.63, 3.8) is 0 Å². The molecule has 0 saturated carbocycles. The van der Waals surface area contributed by atoms with Gasteiger partial charge in [0, 0.05) is 13.1 Å². The van der Waals surface area contributed by atoms with Crippen molar-refractivity contribution in [1.29, 1.82) is 0 Å². The van der Waals surface area contributed by atoms with Gasteiger partial charge in [0.2, 0.25) is 5.91 Å². The van der Waals surface area contributed by atoms with Crippen LogP contribution in [0.3, 0.4) is 0 Å². The van der Waals surface area contributed by atoms with Crippen molar-refractivity contribution < 1.29 is 4.79 Å². The highest BCUT2D eigenvalue weighted by Crippen LogP contribution is 2.22. The summed E-state index contributed by atoms with van der Waals surface area (Å²) in [6, 6.07) is 8.07. The van der Waals surface area contributed by atoms with E-state index < -0.39 is 0 Å². The van der Waals surface area contributed by atoms with Gasteiger partial charge in [-0.3, -0.25) is 4.79 Å². The highest BCUT2D eigenvalue weighted by molar-refractivity contribution is 7.99. The second-order valence-corrected chi connectivity index (χ2v) is 7.34. The third-order valence-corrected chi connectivity index (χ3v) is 4.95. The van der Waals surface area contributed by atoms with Crippen LogP contribution in [0.5, 0.6) is 0 Å². The second-order valence-electron chi connectivity index (χ2n) is 6.37. The largest absolute Gasteiger partial charge is 0.342 e. The van der Waals surface area contributed by atoms with Crippen molar-refractivity contribution in [2.45, 2.75) is 45.2 Å². The second kappa shape index (κ2) is 7.77. The highest BCUT2D eigenvalue weighted by Gasteiger charge is 2.17. The summed E-state index contributed by atoms with van der Waals surface area (Å²) in [5.41, 5.74) is 2.64. The van der Waals surface area contributed by atoms with Crippen molar-refractivity contribution in [3.05, 3.63) is 30.0 Å². The van der Waals surface area contributed by atoms with Crippen molar-refractivity contribution >= 4 is 28.7 Å². The predicted octanol–water partition coefficient (Wildman–Crippen LogP) is 3.92. The molecule has 0 fully saturated rings. The number of nitrogens with zero attached hydrogens (tertiary/aromatic N) is 3. The van der Waals surface area contributed by atoms with E-state index in [4.69, 9.17) is 0 Å². The summed E-state index contributed by atoms with van der Waals surface area (Å²) in [6.07, 6.45) is 1.02. The van der Waals surface area contributed by atoms with E-state index in [0.29, 0.717) is 11.7 Å². The predicted molar refractivity (Wildman–Crippen MR) is 96.7 cm³/mol. The van der Waals surface area contributed by atoms with Crippen LogP contribution >= 0.6 is 11.8 Å². The van der Waals surface area contributed by atoms with E-state index in [-0.39, 0.29) is 11.9 Å². The lowest BCUT2D eigenvalue weighted by atomic mass is 10.0. The van der Waals surface area contributed by atoms with E-state index in [9.17, 15) is 4.79 Å². The van der Waals surface area contributed by atoms with E-state index >= 15 is 0 Å². The van der Waals surface area contributed by atoms with Gasteiger partial charge >= 0.3 is 0 Å². The number of rotatable bonds is 6. The molecule has 5 heteroatoms. The Kier molecular flexibility index (Phi) is 5.99. The first-order chi connectivity index (χ1) is 10.9. The zero-order valence-corrected chi connectivity index (χ0v) is 15.4. The lowest BCUT2D eigenvalue weighted by Gasteiger charge is -2.26. The minimum absolute atomic E-state index is 0.137. The monoisotopic (exact) mass is 331 g/mol. The van der Waals surface area contributed by atoms with Crippen LogP contribution in [0.1, 0.15) is 32.9 Å². The van der Waals surface area contributed by atoms with Gasteiger partial charge in [0.1, 0.15) is 5.03 Å². The molecule has 0 saturated heterocycles. The number of benzene rings is 1. The maximum Gasteiger partial charge on any atom is 0.232 e. The molecule has 1 aromatic carbocycles. The number of carbonyl (C=O) groups excluding carboxylic acids is 1. The van der Waals surface area contributed by atoms with Crippen LogP contribution in [0.2, 0.25) is 0 Å². The molecule has 2 rings (SSSR count). The summed E-state index contributed by atoms with van der Waals surface area (Å²) >= 11 is 1.47. The Morgan fingerprint density at radius 2 is 1.78 bits per heavy atom. The topological polar surface area (TPSA) is 46.1 Å². The minimum atomic E-state index is 0.137. The molecule has 0 aliphatic rings. The van der Waals surface area contributed by atoms with Crippen LogP contribution in [0.25, 0.3) is 11.0 Å². The van der Waals surface area contributed by atoms with Gasteiger partial charge < -0.3 is 4.90 Å². The first kappa shape index (κ1) is 17.7. The molecule has 23 heavy (non-hydrogen) atoms. The lowest BCUT2D eigenvalue weighted by molar-refractivity contribution is -0.129. The van der Waals surface area contributed by atoms with E-state index in [0.717, 1.165) is 28.2 Å². The number of amides is 1. The SMILES string of the molecule is Cc1nc2ccccc2nc1SCC(=O)N(C)C(C)CC(C)C. The fraction of sp³-hybridized carbons (Fsp3) is 0.500. The molecule has 1 aromatic heterocycles. The summed E-state index contributed by atoms with van der Waals surface area (Å²) in [5.74, 6) is 1.12. The number of carbonyl (C=O) groups is 1. The maximum absolute atomic E-state index is 12.4. The molecule has 0 spiro atoms. The molecular weight excluding hydrogens is 306 g/mol. The number of aromatic nitrogens is 2. The number of thioether (sulfide) groups is 1. The molecule has 0 bridgehead atoms. The van der Waals surface area contributed by atoms with Gasteiger partial charge in [-0.05, 0) is 38.3 Å². The average Bonchev–Trinajstić information content (AvgIpc) is 2.51. The smallest absolute Gasteiger partial charge is 0.232 e. The molecular formula is C18H25N3OS. The van der Waals surface area contributed by atoms with Crippen LogP contribution in [-0.2, 0) is 4.79 Å². The molecule has 124 valence electrons. The molecule has 0 radical (unpaired) electrons. The van der Waals surface area contributed by atoms with E-state index in [2.05, 4.69) is 30.7 Å². The number of para-hydroxylation sites is 2. The first-order valence-corrected chi connectivity index (χ1v) is 8.99. The van der Waals surface area contributed by atoms with E-state index in [1.807, 2.05) is 43.1 Å². The van der Waals surface area contributed by atoms with Crippen LogP contribution < -0.4 is 0 Å². The summed E-state index contributed by atoms with van der Waals surface area (Å²) in [7, 11) is 1.88. The van der Waals surface area contributed by atoms with Gasteiger partial charge in [0.05, 0.1) is 22.5 Å². The summed E-state index contributed by atoms with van der Waals surface area (Å²) in [4.78, 5) is 23.4. The molecule has 2 aromatic rings. The van der Waals surface area contributed by atoms with Gasteiger partial charge in [-0.15, -0.1) is 0 Å². The van der Waals surface area contributed by atoms with Gasteiger partial charge in [-0.1, -0.05) is 37.7 Å². The molecule has 0 aliphatic carbocycles. The van der Waals surface area contributed by atoms with Crippen molar-refractivity contribution in [2.24, 2.45) is 5.92 Å². The molecule has 1 heterocycles. The normalized spacial score (nSPS) is 12.6. The van der Waals surface area contributed by atoms with Gasteiger partial charge in [-0.2, -0.15) is 0 Å². The highest BCUT2D eigenvalue weighted by atomic mass is 32.2. The molecule has 1 atom stereocenters. The van der Waals surface area contributed by atoms with E-state index in [1.165, 1.54) is 11.8 Å². The zero-order chi connectivity index (χ0) is 17.0. The fourth-order valence-electron chi connectivity index (χ4n) is 2.53. The average molecular weight is 331 g/mol. The Bertz CT molecular complexity index is 687. The quantitative estimate of drug-likeness (QED) is 0.753. The number of hydrogen-bond donors (Lipinski definition) is 0. The number of aryl methyl sites for hydroxylation is 1. The molecule has 1 amide bonds. The Hall–Kier alpha value is -1.62. The Morgan fingerprint density at radius 1 is 1.17 bits per heavy atom. The Morgan fingerprint density at radius 3 is 2.39 bits per heavy atom. The van der Waals surface area contributed by atoms with Crippen LogP contribution in [0.15, 0.2) is 29.3 Å². The maximum atomic E-state index is 12.4. The van der Waals surface area contributed by atoms with Crippen molar-refractivity contribution in [3.8, 4) is 0 Å². The van der Waals surface area contributed by atoms with Crippen molar-refractivity contribution in [2.75, 3.05) is 12.8 Å². The summed E-state index contributed by atoms with van der Waals surface area (Å²) in [6.45, 7) is 8.40. The van der Waals surface area contributed by atoms with Crippen molar-refractivity contribution in [1.82, 2.24) is 14.9 Å². The van der Waals surface area contributed by atoms with Crippen LogP contribution in [0.4, 0.5) is 0 Å². The first-order valence-electron chi connectivity index (χ1n) is 8.00. The fourth-order valence-corrected chi connectivity index (χ4v) is 3.41. The van der Waals surface area contributed by atoms with E-state index in [1.54, 1.807) is 0 Å². The third kappa shape index (κ3) is 4.67. The molecule has 4 nitrogen and oxygen atoms in total. The molecule has 0 aliphatic heterocycles. The minimum Gasteiger partial charge on any atom is -0.342 e. The Balaban J connectivity index is 2.02. The summed E-state index contributed by atoms with van der Waals surface area (Å²) in [5, 5.41) is 0.835. The van der Waals surface area contributed by atoms with Gasteiger partial charge in [-0.25, -0.2) is 9.97 Å². The molecule has 1 unspecified atom stereocenters. The summed E-state index contributed by atoms with van der Waals surface area (Å²) < 4.78 is 0. The third-order valence-electron chi connectivity index (χ3n) is 3.90. The van der Waals surface area contributed by atoms with Crippen LogP contribution in [-0.4, -0.2) is 39.6 Å². The van der Waals surface area contributed by atoms with Gasteiger partial charge in [0.25, 0.3) is 0 Å².